The molecule has 1 saturated heterocycles. The third-order valence-corrected chi connectivity index (χ3v) is 4.75. The lowest BCUT2D eigenvalue weighted by atomic mass is 10.2. The molecule has 0 spiro atoms. The Hall–Kier alpha value is -3.60. The van der Waals surface area contributed by atoms with Crippen LogP contribution in [0.2, 0.25) is 0 Å². The molecule has 0 saturated carbocycles. The third-order valence-electron chi connectivity index (χ3n) is 3.84. The van der Waals surface area contributed by atoms with Crippen LogP contribution < -0.4 is 5.32 Å². The zero-order chi connectivity index (χ0) is 21.5. The van der Waals surface area contributed by atoms with E-state index in [0.29, 0.717) is 11.3 Å². The van der Waals surface area contributed by atoms with E-state index in [-0.39, 0.29) is 23.7 Å². The Labute approximate surface area is 175 Å². The number of esters is 1. The summed E-state index contributed by atoms with van der Waals surface area (Å²) in [5, 5.41) is 2.07. The molecule has 1 aliphatic rings. The zero-order valence-electron chi connectivity index (χ0n) is 15.9. The van der Waals surface area contributed by atoms with Gasteiger partial charge in [0, 0.05) is 31.7 Å². The third kappa shape index (κ3) is 5.47. The summed E-state index contributed by atoms with van der Waals surface area (Å²) in [5.41, 5.74) is 1.34. The molecule has 0 aromatic carbocycles. The van der Waals surface area contributed by atoms with Crippen molar-refractivity contribution in [2.45, 2.75) is 6.92 Å². The summed E-state index contributed by atoms with van der Waals surface area (Å²) in [6.07, 6.45) is 7.45. The van der Waals surface area contributed by atoms with Crippen LogP contribution >= 0.6 is 11.8 Å². The molecule has 154 valence electrons. The highest BCUT2D eigenvalue weighted by Crippen LogP contribution is 2.31. The number of aryl methyl sites for hydroxylation is 1. The Morgan fingerprint density at radius 3 is 2.77 bits per heavy atom. The minimum atomic E-state index is -0.774. The smallest absolute Gasteiger partial charge is 0.359 e. The maximum Gasteiger partial charge on any atom is 0.359 e. The fourth-order valence-electron chi connectivity index (χ4n) is 2.37. The minimum Gasteiger partial charge on any atom is -0.451 e. The van der Waals surface area contributed by atoms with Crippen LogP contribution in [-0.2, 0) is 14.3 Å². The Morgan fingerprint density at radius 2 is 2.07 bits per heavy atom. The number of nitrogens with zero attached hydrogens (tertiary/aromatic N) is 4. The molecule has 0 aliphatic carbocycles. The lowest BCUT2D eigenvalue weighted by molar-refractivity contribution is -0.125. The molecule has 1 fully saturated rings. The largest absolute Gasteiger partial charge is 0.451 e. The van der Waals surface area contributed by atoms with E-state index in [9.17, 15) is 19.2 Å². The van der Waals surface area contributed by atoms with E-state index in [1.807, 2.05) is 0 Å². The number of pyridine rings is 1. The van der Waals surface area contributed by atoms with Gasteiger partial charge in [0.1, 0.15) is 0 Å². The predicted octanol–water partition coefficient (Wildman–Crippen LogP) is 1.19. The highest BCUT2D eigenvalue weighted by atomic mass is 32.2. The molecule has 1 aliphatic heterocycles. The summed E-state index contributed by atoms with van der Waals surface area (Å²) in [4.78, 5) is 61.2. The predicted molar refractivity (Wildman–Crippen MR) is 107 cm³/mol. The summed E-state index contributed by atoms with van der Waals surface area (Å²) in [6, 6.07) is 3.49. The van der Waals surface area contributed by atoms with Crippen LogP contribution in [0.5, 0.6) is 0 Å². The van der Waals surface area contributed by atoms with Crippen molar-refractivity contribution in [3.63, 3.8) is 0 Å². The van der Waals surface area contributed by atoms with Crippen molar-refractivity contribution >= 4 is 40.9 Å². The second-order valence-corrected chi connectivity index (χ2v) is 7.08. The van der Waals surface area contributed by atoms with E-state index in [4.69, 9.17) is 4.74 Å². The summed E-state index contributed by atoms with van der Waals surface area (Å²) < 4.78 is 4.86. The van der Waals surface area contributed by atoms with E-state index in [1.54, 1.807) is 37.5 Å². The summed E-state index contributed by atoms with van der Waals surface area (Å²) >= 11 is 0.824. The first-order chi connectivity index (χ1) is 14.4. The monoisotopic (exact) mass is 427 g/mol. The molecule has 3 rings (SSSR count). The molecule has 0 radical (unpaired) electrons. The van der Waals surface area contributed by atoms with Gasteiger partial charge in [-0.25, -0.2) is 9.78 Å². The van der Waals surface area contributed by atoms with Crippen LogP contribution in [0.3, 0.4) is 0 Å². The average molecular weight is 427 g/mol. The zero-order valence-corrected chi connectivity index (χ0v) is 16.7. The number of ether oxygens (including phenoxy) is 1. The van der Waals surface area contributed by atoms with E-state index < -0.39 is 29.6 Å². The second-order valence-electron chi connectivity index (χ2n) is 6.09. The van der Waals surface area contributed by atoms with Gasteiger partial charge in [0.25, 0.3) is 17.1 Å². The molecule has 2 aromatic heterocycles. The van der Waals surface area contributed by atoms with Crippen LogP contribution in [0.25, 0.3) is 6.08 Å². The van der Waals surface area contributed by atoms with Crippen molar-refractivity contribution in [3.05, 3.63) is 58.8 Å². The summed E-state index contributed by atoms with van der Waals surface area (Å²) in [7, 11) is 0. The van der Waals surface area contributed by atoms with E-state index in [0.717, 1.165) is 16.7 Å². The van der Waals surface area contributed by atoms with Gasteiger partial charge in [-0.1, -0.05) is 6.07 Å². The lowest BCUT2D eigenvalue weighted by Gasteiger charge is -2.13. The average Bonchev–Trinajstić information content (AvgIpc) is 3.00. The summed E-state index contributed by atoms with van der Waals surface area (Å²) in [5.74, 6) is -1.78. The maximum absolute atomic E-state index is 12.4. The van der Waals surface area contributed by atoms with Gasteiger partial charge in [0.15, 0.2) is 12.3 Å². The number of carbonyl (C=O) groups is 4. The highest BCUT2D eigenvalue weighted by Gasteiger charge is 2.34. The second kappa shape index (κ2) is 9.74. The lowest BCUT2D eigenvalue weighted by Crippen LogP contribution is -2.38. The molecule has 3 amide bonds. The first kappa shape index (κ1) is 21.1. The normalized spacial score (nSPS) is 14.8. The van der Waals surface area contributed by atoms with Crippen LogP contribution in [-0.4, -0.2) is 62.6 Å². The number of imide groups is 1. The fourth-order valence-corrected chi connectivity index (χ4v) is 3.23. The van der Waals surface area contributed by atoms with E-state index in [1.165, 1.54) is 12.4 Å². The van der Waals surface area contributed by atoms with Crippen molar-refractivity contribution in [2.75, 3.05) is 19.7 Å². The van der Waals surface area contributed by atoms with Gasteiger partial charge in [-0.05, 0) is 36.4 Å². The van der Waals surface area contributed by atoms with Crippen LogP contribution in [0.15, 0.2) is 41.8 Å². The number of amides is 3. The van der Waals surface area contributed by atoms with Gasteiger partial charge in [-0.15, -0.1) is 0 Å². The van der Waals surface area contributed by atoms with Gasteiger partial charge in [0.05, 0.1) is 16.8 Å². The maximum atomic E-state index is 12.4. The molecular weight excluding hydrogens is 410 g/mol. The topological polar surface area (TPSA) is 131 Å². The van der Waals surface area contributed by atoms with E-state index in [2.05, 4.69) is 20.3 Å². The quantitative estimate of drug-likeness (QED) is 0.511. The van der Waals surface area contributed by atoms with Crippen molar-refractivity contribution < 1.29 is 23.9 Å². The number of carbonyl (C=O) groups excluding carboxylic acids is 4. The Morgan fingerprint density at radius 1 is 1.23 bits per heavy atom. The first-order valence-corrected chi connectivity index (χ1v) is 9.63. The number of thioether (sulfide) groups is 1. The van der Waals surface area contributed by atoms with Crippen molar-refractivity contribution in [1.82, 2.24) is 25.2 Å². The number of aromatic nitrogens is 3. The molecule has 0 atom stereocenters. The first-order valence-electron chi connectivity index (χ1n) is 8.82. The Balaban J connectivity index is 1.44. The van der Waals surface area contributed by atoms with Gasteiger partial charge in [-0.2, -0.15) is 0 Å². The Kier molecular flexibility index (Phi) is 6.86. The molecule has 1 N–H and O–H groups in total. The highest BCUT2D eigenvalue weighted by molar-refractivity contribution is 8.18. The van der Waals surface area contributed by atoms with Gasteiger partial charge < -0.3 is 10.1 Å². The van der Waals surface area contributed by atoms with Crippen molar-refractivity contribution in [3.8, 4) is 0 Å². The Bertz CT molecular complexity index is 994. The molecule has 10 nitrogen and oxygen atoms in total. The SMILES string of the molecule is Cc1cnc(C(=O)OCC(=O)NCCN2C(=O)S/C(=C\c3cccnc3)C2=O)cn1. The molecule has 3 heterocycles. The number of hydrogen-bond acceptors (Lipinski definition) is 9. The number of nitrogens with one attached hydrogen (secondary N) is 1. The van der Waals surface area contributed by atoms with Gasteiger partial charge >= 0.3 is 5.97 Å². The number of rotatable bonds is 7. The van der Waals surface area contributed by atoms with Gasteiger partial charge in [0.2, 0.25) is 0 Å². The molecule has 0 bridgehead atoms. The van der Waals surface area contributed by atoms with Gasteiger partial charge in [-0.3, -0.25) is 29.3 Å². The molecule has 30 heavy (non-hydrogen) atoms. The number of hydrogen-bond donors (Lipinski definition) is 1. The fraction of sp³-hybridized carbons (Fsp3) is 0.211. The molecular formula is C19H17N5O5S. The minimum absolute atomic E-state index is 0.00182. The molecule has 2 aromatic rings. The standard InChI is InChI=1S/C19H17N5O5S/c1-12-8-23-14(10-22-12)18(27)29-11-16(25)21-5-6-24-17(26)15(30-19(24)28)7-13-3-2-4-20-9-13/h2-4,7-10H,5-6,11H2,1H3,(H,21,25)/b15-7-. The summed E-state index contributed by atoms with van der Waals surface area (Å²) in [6.45, 7) is 1.23. The van der Waals surface area contributed by atoms with Crippen LogP contribution in [0.4, 0.5) is 4.79 Å². The van der Waals surface area contributed by atoms with E-state index >= 15 is 0 Å². The molecule has 0 unspecified atom stereocenters. The van der Waals surface area contributed by atoms with Crippen molar-refractivity contribution in [2.24, 2.45) is 0 Å². The molecule has 11 heteroatoms. The van der Waals surface area contributed by atoms with Crippen LogP contribution in [0.1, 0.15) is 21.7 Å². The van der Waals surface area contributed by atoms with Crippen LogP contribution in [0, 0.1) is 6.92 Å². The van der Waals surface area contributed by atoms with Crippen molar-refractivity contribution in [1.29, 1.82) is 0 Å².